The molecule has 5 nitrogen and oxygen atoms in total. The minimum Gasteiger partial charge on any atom is -0.353 e. The van der Waals surface area contributed by atoms with Crippen molar-refractivity contribution in [3.8, 4) is 0 Å². The highest BCUT2D eigenvalue weighted by atomic mass is 32.2. The zero-order valence-electron chi connectivity index (χ0n) is 15.3. The normalized spacial score (nSPS) is 17.6. The lowest BCUT2D eigenvalue weighted by atomic mass is 10.2. The minimum atomic E-state index is 0.259. The smallest absolute Gasteiger partial charge is 0.232 e. The number of rotatable bonds is 6. The quantitative estimate of drug-likeness (QED) is 0.784. The molecular weight excluding hydrogens is 344 g/mol. The Hall–Kier alpha value is -1.95. The van der Waals surface area contributed by atoms with Gasteiger partial charge in [0.15, 0.2) is 0 Å². The number of piperazine rings is 1. The molecule has 0 radical (unpaired) electrons. The van der Waals surface area contributed by atoms with E-state index in [1.807, 2.05) is 34.8 Å². The first-order valence-corrected chi connectivity index (χ1v) is 10.5. The van der Waals surface area contributed by atoms with E-state index in [2.05, 4.69) is 28.2 Å². The monoisotopic (exact) mass is 370 g/mol. The molecule has 2 fully saturated rings. The average Bonchev–Trinajstić information content (AvgIpc) is 3.45. The fourth-order valence-corrected chi connectivity index (χ4v) is 4.35. The van der Waals surface area contributed by atoms with Gasteiger partial charge in [0.2, 0.25) is 5.91 Å². The number of hydrogen-bond donors (Lipinski definition) is 0. The molecule has 1 saturated heterocycles. The van der Waals surface area contributed by atoms with Crippen LogP contribution in [0.25, 0.3) is 0 Å². The van der Waals surface area contributed by atoms with E-state index in [-0.39, 0.29) is 5.91 Å². The molecule has 1 aromatic carbocycles. The largest absolute Gasteiger partial charge is 0.353 e. The SMILES string of the molecule is Cn1nc(C2CC2)cc1N1CCN(C(=O)CSCc2ccccc2)CC1. The molecule has 2 aromatic rings. The number of aryl methyl sites for hydroxylation is 1. The van der Waals surface area contributed by atoms with Gasteiger partial charge in [0.25, 0.3) is 0 Å². The van der Waals surface area contributed by atoms with Gasteiger partial charge < -0.3 is 9.80 Å². The van der Waals surface area contributed by atoms with E-state index in [0.717, 1.165) is 31.9 Å². The Balaban J connectivity index is 1.24. The number of thioether (sulfide) groups is 1. The first kappa shape index (κ1) is 17.5. The molecule has 1 aliphatic carbocycles. The van der Waals surface area contributed by atoms with Crippen LogP contribution in [0, 0.1) is 0 Å². The number of aromatic nitrogens is 2. The lowest BCUT2D eigenvalue weighted by Gasteiger charge is -2.35. The van der Waals surface area contributed by atoms with Crippen molar-refractivity contribution >= 4 is 23.5 Å². The topological polar surface area (TPSA) is 41.4 Å². The van der Waals surface area contributed by atoms with Crippen LogP contribution in [0.3, 0.4) is 0 Å². The second-order valence-corrected chi connectivity index (χ2v) is 8.16. The molecule has 1 aliphatic heterocycles. The van der Waals surface area contributed by atoms with Crippen LogP contribution in [-0.4, -0.2) is 52.5 Å². The number of benzene rings is 1. The Morgan fingerprint density at radius 1 is 1.15 bits per heavy atom. The van der Waals surface area contributed by atoms with Crippen LogP contribution >= 0.6 is 11.8 Å². The number of hydrogen-bond acceptors (Lipinski definition) is 4. The van der Waals surface area contributed by atoms with Crippen molar-refractivity contribution in [3.63, 3.8) is 0 Å². The maximum atomic E-state index is 12.5. The molecule has 2 heterocycles. The van der Waals surface area contributed by atoms with Crippen LogP contribution in [0.2, 0.25) is 0 Å². The van der Waals surface area contributed by atoms with E-state index in [9.17, 15) is 4.79 Å². The molecule has 0 unspecified atom stereocenters. The summed E-state index contributed by atoms with van der Waals surface area (Å²) in [5, 5.41) is 4.66. The molecule has 4 rings (SSSR count). The van der Waals surface area contributed by atoms with Crippen molar-refractivity contribution in [3.05, 3.63) is 47.7 Å². The summed E-state index contributed by atoms with van der Waals surface area (Å²) in [5.74, 6) is 3.59. The molecule has 138 valence electrons. The van der Waals surface area contributed by atoms with E-state index in [1.54, 1.807) is 11.8 Å². The zero-order chi connectivity index (χ0) is 17.9. The van der Waals surface area contributed by atoms with Gasteiger partial charge in [-0.25, -0.2) is 0 Å². The number of carbonyl (C=O) groups is 1. The van der Waals surface area contributed by atoms with Gasteiger partial charge in [-0.05, 0) is 18.4 Å². The first-order chi connectivity index (χ1) is 12.7. The predicted octanol–water partition coefficient (Wildman–Crippen LogP) is 2.88. The second kappa shape index (κ2) is 7.74. The average molecular weight is 371 g/mol. The third kappa shape index (κ3) is 4.06. The maximum absolute atomic E-state index is 12.5. The Morgan fingerprint density at radius 3 is 2.58 bits per heavy atom. The van der Waals surface area contributed by atoms with Gasteiger partial charge >= 0.3 is 0 Å². The van der Waals surface area contributed by atoms with Crippen molar-refractivity contribution in [2.24, 2.45) is 7.05 Å². The van der Waals surface area contributed by atoms with Gasteiger partial charge in [0.05, 0.1) is 11.4 Å². The van der Waals surface area contributed by atoms with Crippen LogP contribution in [0.1, 0.15) is 30.0 Å². The Labute approximate surface area is 159 Å². The fourth-order valence-electron chi connectivity index (χ4n) is 3.46. The van der Waals surface area contributed by atoms with Crippen LogP contribution < -0.4 is 4.90 Å². The number of nitrogens with zero attached hydrogens (tertiary/aromatic N) is 4. The summed E-state index contributed by atoms with van der Waals surface area (Å²) < 4.78 is 2.00. The summed E-state index contributed by atoms with van der Waals surface area (Å²) in [6, 6.07) is 12.6. The van der Waals surface area contributed by atoms with Gasteiger partial charge in [-0.1, -0.05) is 30.3 Å². The fraction of sp³-hybridized carbons (Fsp3) is 0.500. The third-order valence-corrected chi connectivity index (χ3v) is 6.15. The zero-order valence-corrected chi connectivity index (χ0v) is 16.1. The van der Waals surface area contributed by atoms with Crippen molar-refractivity contribution in [1.29, 1.82) is 0 Å². The number of anilines is 1. The molecule has 0 atom stereocenters. The van der Waals surface area contributed by atoms with Gasteiger partial charge in [-0.3, -0.25) is 9.48 Å². The summed E-state index contributed by atoms with van der Waals surface area (Å²) in [4.78, 5) is 16.8. The molecule has 1 saturated carbocycles. The Bertz CT molecular complexity index is 748. The summed E-state index contributed by atoms with van der Waals surface area (Å²) in [6.45, 7) is 3.38. The highest BCUT2D eigenvalue weighted by Gasteiger charge is 2.29. The van der Waals surface area contributed by atoms with E-state index in [0.29, 0.717) is 11.7 Å². The van der Waals surface area contributed by atoms with Crippen LogP contribution in [-0.2, 0) is 17.6 Å². The van der Waals surface area contributed by atoms with Crippen LogP contribution in [0.5, 0.6) is 0 Å². The van der Waals surface area contributed by atoms with Gasteiger partial charge in [0.1, 0.15) is 5.82 Å². The van der Waals surface area contributed by atoms with Gasteiger partial charge in [-0.15, -0.1) is 11.8 Å². The second-order valence-electron chi connectivity index (χ2n) is 7.17. The molecule has 0 N–H and O–H groups in total. The van der Waals surface area contributed by atoms with Crippen molar-refractivity contribution in [2.45, 2.75) is 24.5 Å². The summed E-state index contributed by atoms with van der Waals surface area (Å²) in [6.07, 6.45) is 2.55. The number of carbonyl (C=O) groups excluding carboxylic acids is 1. The van der Waals surface area contributed by atoms with Crippen LogP contribution in [0.15, 0.2) is 36.4 Å². The number of amides is 1. The van der Waals surface area contributed by atoms with E-state index < -0.39 is 0 Å². The minimum absolute atomic E-state index is 0.259. The molecule has 0 spiro atoms. The highest BCUT2D eigenvalue weighted by molar-refractivity contribution is 7.99. The molecule has 0 bridgehead atoms. The van der Waals surface area contributed by atoms with E-state index >= 15 is 0 Å². The highest BCUT2D eigenvalue weighted by Crippen LogP contribution is 2.40. The van der Waals surface area contributed by atoms with Crippen molar-refractivity contribution < 1.29 is 4.79 Å². The summed E-state index contributed by atoms with van der Waals surface area (Å²) >= 11 is 1.70. The van der Waals surface area contributed by atoms with Crippen molar-refractivity contribution in [1.82, 2.24) is 14.7 Å². The van der Waals surface area contributed by atoms with Gasteiger partial charge in [0, 0.05) is 51.0 Å². The first-order valence-electron chi connectivity index (χ1n) is 9.39. The van der Waals surface area contributed by atoms with E-state index in [1.165, 1.54) is 29.9 Å². The lowest BCUT2D eigenvalue weighted by molar-refractivity contribution is -0.128. The van der Waals surface area contributed by atoms with Crippen LogP contribution in [0.4, 0.5) is 5.82 Å². The lowest BCUT2D eigenvalue weighted by Crippen LogP contribution is -2.49. The Morgan fingerprint density at radius 2 is 1.88 bits per heavy atom. The van der Waals surface area contributed by atoms with E-state index in [4.69, 9.17) is 0 Å². The van der Waals surface area contributed by atoms with Crippen molar-refractivity contribution in [2.75, 3.05) is 36.8 Å². The summed E-state index contributed by atoms with van der Waals surface area (Å²) in [7, 11) is 2.03. The third-order valence-electron chi connectivity index (χ3n) is 5.16. The predicted molar refractivity (Wildman–Crippen MR) is 107 cm³/mol. The molecule has 6 heteroatoms. The van der Waals surface area contributed by atoms with Gasteiger partial charge in [-0.2, -0.15) is 5.10 Å². The molecular formula is C20H26N4OS. The molecule has 1 aromatic heterocycles. The molecule has 2 aliphatic rings. The summed E-state index contributed by atoms with van der Waals surface area (Å²) in [5.41, 5.74) is 2.51. The maximum Gasteiger partial charge on any atom is 0.232 e. The molecule has 26 heavy (non-hydrogen) atoms. The molecule has 1 amide bonds. The standard InChI is InChI=1S/C20H26N4OS/c1-22-19(13-18(21-22)17-7-8-17)23-9-11-24(12-10-23)20(25)15-26-14-16-5-3-2-4-6-16/h2-6,13,17H,7-12,14-15H2,1H3. The Kier molecular flexibility index (Phi) is 5.20.